The number of anilines is 1. The second-order valence-corrected chi connectivity index (χ2v) is 10.4. The van der Waals surface area contributed by atoms with Crippen LogP contribution in [0.5, 0.6) is 5.75 Å². The summed E-state index contributed by atoms with van der Waals surface area (Å²) in [5.74, 6) is -1.63. The van der Waals surface area contributed by atoms with Crippen molar-refractivity contribution in [3.63, 3.8) is 0 Å². The number of nitrogens with one attached hydrogen (secondary N) is 4. The molecule has 238 valence electrons. The standard InChI is InChI=1S/C32H31N5O9/c38-23-15-16-37(32(44)36-23)31-27(41)26(40)28(46-31)25(35-24(39)17-33-29(42)20-9-5-2-6-10-20)30(43)34-21-11-13-22(14-12-21)45-18-19-7-3-1-4-8-19/h1-16,25-28,31,40-41H,17-18H2,(H,33,42)(H,34,43)(H,35,39)(H,36,38,44)/t25?,26-,27+,28+,31+/m0/s1. The van der Waals surface area contributed by atoms with Gasteiger partial charge in [0.1, 0.15) is 36.7 Å². The molecule has 0 spiro atoms. The molecule has 2 heterocycles. The molecule has 1 aliphatic rings. The first-order valence-electron chi connectivity index (χ1n) is 14.2. The number of hydrogen-bond donors (Lipinski definition) is 6. The number of aromatic amines is 1. The van der Waals surface area contributed by atoms with Gasteiger partial charge in [-0.3, -0.25) is 28.7 Å². The van der Waals surface area contributed by atoms with Crippen molar-refractivity contribution in [3.8, 4) is 5.75 Å². The van der Waals surface area contributed by atoms with Crippen LogP contribution in [0.4, 0.5) is 5.69 Å². The number of aliphatic hydroxyl groups is 2. The van der Waals surface area contributed by atoms with E-state index in [1.165, 1.54) is 0 Å². The topological polar surface area (TPSA) is 201 Å². The zero-order valence-electron chi connectivity index (χ0n) is 24.2. The van der Waals surface area contributed by atoms with Crippen molar-refractivity contribution >= 4 is 23.4 Å². The molecule has 14 heteroatoms. The molecule has 1 unspecified atom stereocenters. The molecule has 14 nitrogen and oxygen atoms in total. The molecule has 0 bridgehead atoms. The molecule has 5 atom stereocenters. The van der Waals surface area contributed by atoms with E-state index in [-0.39, 0.29) is 0 Å². The third kappa shape index (κ3) is 7.74. The lowest BCUT2D eigenvalue weighted by Gasteiger charge is -2.26. The first-order chi connectivity index (χ1) is 22.2. The third-order valence-corrected chi connectivity index (χ3v) is 7.14. The lowest BCUT2D eigenvalue weighted by molar-refractivity contribution is -0.132. The number of benzene rings is 3. The van der Waals surface area contributed by atoms with E-state index in [2.05, 4.69) is 16.0 Å². The predicted molar refractivity (Wildman–Crippen MR) is 164 cm³/mol. The van der Waals surface area contributed by atoms with Gasteiger partial charge in [-0.2, -0.15) is 0 Å². The van der Waals surface area contributed by atoms with E-state index in [0.717, 1.165) is 22.4 Å². The Bertz CT molecular complexity index is 1780. The van der Waals surface area contributed by atoms with Gasteiger partial charge in [0.2, 0.25) is 11.8 Å². The number of nitrogens with zero attached hydrogens (tertiary/aromatic N) is 1. The molecule has 3 amide bonds. The number of carbonyl (C=O) groups is 3. The van der Waals surface area contributed by atoms with E-state index < -0.39 is 66.1 Å². The number of aliphatic hydroxyl groups excluding tert-OH is 2. The first-order valence-corrected chi connectivity index (χ1v) is 14.2. The average Bonchev–Trinajstić information content (AvgIpc) is 3.35. The van der Waals surface area contributed by atoms with Gasteiger partial charge in [0.25, 0.3) is 11.5 Å². The summed E-state index contributed by atoms with van der Waals surface area (Å²) < 4.78 is 12.4. The minimum atomic E-state index is -1.76. The van der Waals surface area contributed by atoms with Gasteiger partial charge in [-0.15, -0.1) is 0 Å². The molecular formula is C32H31N5O9. The van der Waals surface area contributed by atoms with Crippen LogP contribution in [0.1, 0.15) is 22.1 Å². The van der Waals surface area contributed by atoms with E-state index in [9.17, 15) is 34.2 Å². The minimum absolute atomic E-state index is 0.313. The molecule has 3 aromatic carbocycles. The van der Waals surface area contributed by atoms with Crippen LogP contribution in [0.15, 0.2) is 107 Å². The number of rotatable bonds is 11. The van der Waals surface area contributed by atoms with Crippen molar-refractivity contribution in [1.82, 2.24) is 20.2 Å². The highest BCUT2D eigenvalue weighted by atomic mass is 16.6. The zero-order valence-corrected chi connectivity index (χ0v) is 24.2. The quantitative estimate of drug-likeness (QED) is 0.135. The van der Waals surface area contributed by atoms with Gasteiger partial charge in [-0.05, 0) is 42.0 Å². The van der Waals surface area contributed by atoms with E-state index in [1.807, 2.05) is 35.3 Å². The van der Waals surface area contributed by atoms with Crippen LogP contribution in [-0.2, 0) is 20.9 Å². The summed E-state index contributed by atoms with van der Waals surface area (Å²) in [4.78, 5) is 64.9. The Labute approximate surface area is 261 Å². The SMILES string of the molecule is O=C(CNC(=O)c1ccccc1)NC(C(=O)Nc1ccc(OCc2ccccc2)cc1)[C@H]1O[C@@H](n2ccc(=O)[nH]c2=O)[C@H](O)[C@@H]1O. The summed E-state index contributed by atoms with van der Waals surface area (Å²) in [7, 11) is 0. The average molecular weight is 630 g/mol. The van der Waals surface area contributed by atoms with Gasteiger partial charge in [0.15, 0.2) is 6.23 Å². The van der Waals surface area contributed by atoms with Crippen molar-refractivity contribution in [2.45, 2.75) is 37.2 Å². The summed E-state index contributed by atoms with van der Waals surface area (Å²) in [6, 6.07) is 23.5. The van der Waals surface area contributed by atoms with Crippen molar-refractivity contribution in [3.05, 3.63) is 129 Å². The second kappa shape index (κ2) is 14.5. The number of H-pyrrole nitrogens is 1. The van der Waals surface area contributed by atoms with Gasteiger partial charge in [-0.25, -0.2) is 4.79 Å². The van der Waals surface area contributed by atoms with Crippen LogP contribution in [0.25, 0.3) is 0 Å². The van der Waals surface area contributed by atoms with Gasteiger partial charge < -0.3 is 35.6 Å². The van der Waals surface area contributed by atoms with Crippen LogP contribution in [0, 0.1) is 0 Å². The Hall–Kier alpha value is -5.57. The molecule has 0 aliphatic carbocycles. The molecule has 0 radical (unpaired) electrons. The largest absolute Gasteiger partial charge is 0.489 e. The second-order valence-electron chi connectivity index (χ2n) is 10.4. The molecule has 6 N–H and O–H groups in total. The van der Waals surface area contributed by atoms with Gasteiger partial charge >= 0.3 is 5.69 Å². The highest BCUT2D eigenvalue weighted by Crippen LogP contribution is 2.30. The maximum absolute atomic E-state index is 13.6. The van der Waals surface area contributed by atoms with E-state index >= 15 is 0 Å². The van der Waals surface area contributed by atoms with Crippen LogP contribution in [0.3, 0.4) is 0 Å². The number of aromatic nitrogens is 2. The summed E-state index contributed by atoms with van der Waals surface area (Å²) in [6.07, 6.45) is -5.47. The smallest absolute Gasteiger partial charge is 0.330 e. The van der Waals surface area contributed by atoms with E-state index in [1.54, 1.807) is 54.6 Å². The Morgan fingerprint density at radius 2 is 1.57 bits per heavy atom. The van der Waals surface area contributed by atoms with Crippen LogP contribution < -0.4 is 31.9 Å². The number of ether oxygens (including phenoxy) is 2. The summed E-state index contributed by atoms with van der Waals surface area (Å²) >= 11 is 0. The lowest BCUT2D eigenvalue weighted by Crippen LogP contribution is -2.56. The lowest BCUT2D eigenvalue weighted by atomic mass is 10.0. The Kier molecular flexibility index (Phi) is 10.0. The fourth-order valence-electron chi connectivity index (χ4n) is 4.79. The number of carbonyl (C=O) groups excluding carboxylic acids is 3. The fraction of sp³-hybridized carbons (Fsp3) is 0.219. The Morgan fingerprint density at radius 1 is 0.891 bits per heavy atom. The molecule has 0 saturated carbocycles. The third-order valence-electron chi connectivity index (χ3n) is 7.14. The molecule has 1 saturated heterocycles. The zero-order chi connectivity index (χ0) is 32.6. The molecule has 1 aliphatic heterocycles. The molecule has 1 fully saturated rings. The molecule has 5 rings (SSSR count). The van der Waals surface area contributed by atoms with Crippen LogP contribution >= 0.6 is 0 Å². The summed E-state index contributed by atoms with van der Waals surface area (Å²) in [5, 5.41) is 29.2. The maximum Gasteiger partial charge on any atom is 0.330 e. The monoisotopic (exact) mass is 629 g/mol. The molecule has 1 aromatic heterocycles. The molecule has 46 heavy (non-hydrogen) atoms. The summed E-state index contributed by atoms with van der Waals surface area (Å²) in [6.45, 7) is -0.195. The number of hydrogen-bond acceptors (Lipinski definition) is 9. The maximum atomic E-state index is 13.6. The van der Waals surface area contributed by atoms with E-state index in [4.69, 9.17) is 9.47 Å². The van der Waals surface area contributed by atoms with Crippen LogP contribution in [0.2, 0.25) is 0 Å². The fourth-order valence-corrected chi connectivity index (χ4v) is 4.79. The van der Waals surface area contributed by atoms with Crippen LogP contribution in [-0.4, -0.2) is 68.4 Å². The molecular weight excluding hydrogens is 598 g/mol. The highest BCUT2D eigenvalue weighted by Gasteiger charge is 2.50. The first kappa shape index (κ1) is 31.8. The summed E-state index contributed by atoms with van der Waals surface area (Å²) in [5.41, 5.74) is -0.0158. The number of amides is 3. The van der Waals surface area contributed by atoms with Crippen molar-refractivity contribution in [2.24, 2.45) is 0 Å². The van der Waals surface area contributed by atoms with Gasteiger partial charge in [0.05, 0.1) is 6.54 Å². The Morgan fingerprint density at radius 3 is 2.24 bits per heavy atom. The normalized spacial score (nSPS) is 19.5. The highest BCUT2D eigenvalue weighted by molar-refractivity contribution is 5.99. The van der Waals surface area contributed by atoms with Gasteiger partial charge in [-0.1, -0.05) is 48.5 Å². The van der Waals surface area contributed by atoms with E-state index in [0.29, 0.717) is 23.6 Å². The minimum Gasteiger partial charge on any atom is -0.489 e. The van der Waals surface area contributed by atoms with Crippen molar-refractivity contribution in [2.75, 3.05) is 11.9 Å². The predicted octanol–water partition coefficient (Wildman–Crippen LogP) is 0.288. The van der Waals surface area contributed by atoms with Crippen molar-refractivity contribution < 1.29 is 34.1 Å². The Balaban J connectivity index is 1.31. The van der Waals surface area contributed by atoms with Gasteiger partial charge in [0, 0.05) is 23.5 Å². The molecule has 4 aromatic rings. The van der Waals surface area contributed by atoms with Crippen molar-refractivity contribution in [1.29, 1.82) is 0 Å².